The van der Waals surface area contributed by atoms with Gasteiger partial charge in [-0.15, -0.1) is 0 Å². The predicted octanol–water partition coefficient (Wildman–Crippen LogP) is 2.40. The van der Waals surface area contributed by atoms with Crippen molar-refractivity contribution >= 4 is 0 Å². The zero-order chi connectivity index (χ0) is 7.56. The van der Waals surface area contributed by atoms with Crippen LogP contribution < -0.4 is 0 Å². The number of hydrogen-bond acceptors (Lipinski definition) is 1. The molecule has 0 bridgehead atoms. The van der Waals surface area contributed by atoms with Gasteiger partial charge in [-0.05, 0) is 33.1 Å². The fourth-order valence-corrected chi connectivity index (χ4v) is 1.41. The molecule has 0 atom stereocenters. The summed E-state index contributed by atoms with van der Waals surface area (Å²) in [5.74, 6) is 0. The third-order valence-corrected chi connectivity index (χ3v) is 2.49. The molecule has 0 amide bonds. The molecule has 10 heavy (non-hydrogen) atoms. The number of rotatable bonds is 0. The van der Waals surface area contributed by atoms with Gasteiger partial charge in [-0.3, -0.25) is 0 Å². The van der Waals surface area contributed by atoms with E-state index in [0.29, 0.717) is 0 Å². The Kier molecular flexibility index (Phi) is 2.36. The van der Waals surface area contributed by atoms with E-state index in [9.17, 15) is 0 Å². The van der Waals surface area contributed by atoms with Gasteiger partial charge in [0.2, 0.25) is 0 Å². The lowest BCUT2D eigenvalue weighted by atomic mass is 10.1. The quantitative estimate of drug-likeness (QED) is 0.498. The summed E-state index contributed by atoms with van der Waals surface area (Å²) < 4.78 is 0. The summed E-state index contributed by atoms with van der Waals surface area (Å²) in [4.78, 5) is 2.36. The molecule has 0 spiro atoms. The molecule has 0 aromatic heterocycles. The first kappa shape index (κ1) is 7.64. The van der Waals surface area contributed by atoms with Crippen molar-refractivity contribution in [3.05, 3.63) is 11.3 Å². The smallest absolute Gasteiger partial charge is 0.0171 e. The highest BCUT2D eigenvalue weighted by molar-refractivity contribution is 5.09. The lowest BCUT2D eigenvalue weighted by Gasteiger charge is -2.18. The molecule has 58 valence electrons. The Balaban J connectivity index is 2.69. The highest BCUT2D eigenvalue weighted by atomic mass is 15.1. The standard InChI is InChI=1S/C9H17N/c1-8-6-4-5-7-10(3)9(8)2/h4-7H2,1-3H3. The normalized spacial score (nSPS) is 21.3. The minimum Gasteiger partial charge on any atom is -0.378 e. The maximum Gasteiger partial charge on any atom is 0.0171 e. The zero-order valence-electron chi connectivity index (χ0n) is 7.28. The molecule has 1 aliphatic heterocycles. The molecule has 0 N–H and O–H groups in total. The van der Waals surface area contributed by atoms with Gasteiger partial charge in [0.15, 0.2) is 0 Å². The Morgan fingerprint density at radius 1 is 1.20 bits per heavy atom. The number of nitrogens with zero attached hydrogens (tertiary/aromatic N) is 1. The molecule has 1 rings (SSSR count). The largest absolute Gasteiger partial charge is 0.378 e. The second-order valence-corrected chi connectivity index (χ2v) is 3.24. The Labute approximate surface area is 63.7 Å². The van der Waals surface area contributed by atoms with E-state index < -0.39 is 0 Å². The van der Waals surface area contributed by atoms with Crippen molar-refractivity contribution < 1.29 is 0 Å². The van der Waals surface area contributed by atoms with Gasteiger partial charge in [0.25, 0.3) is 0 Å². The van der Waals surface area contributed by atoms with Gasteiger partial charge in [0.05, 0.1) is 0 Å². The van der Waals surface area contributed by atoms with E-state index in [2.05, 4.69) is 25.8 Å². The first-order valence-electron chi connectivity index (χ1n) is 4.09. The fraction of sp³-hybridized carbons (Fsp3) is 0.778. The van der Waals surface area contributed by atoms with E-state index in [1.54, 1.807) is 5.57 Å². The van der Waals surface area contributed by atoms with Crippen LogP contribution in [0.5, 0.6) is 0 Å². The summed E-state index contributed by atoms with van der Waals surface area (Å²) in [5, 5.41) is 0. The van der Waals surface area contributed by atoms with Gasteiger partial charge >= 0.3 is 0 Å². The lowest BCUT2D eigenvalue weighted by Crippen LogP contribution is -2.16. The molecular weight excluding hydrogens is 122 g/mol. The number of allylic oxidation sites excluding steroid dienone is 2. The van der Waals surface area contributed by atoms with E-state index in [1.807, 2.05) is 0 Å². The van der Waals surface area contributed by atoms with E-state index in [1.165, 1.54) is 31.5 Å². The molecule has 0 radical (unpaired) electrons. The van der Waals surface area contributed by atoms with E-state index in [4.69, 9.17) is 0 Å². The van der Waals surface area contributed by atoms with Crippen LogP contribution in [0.1, 0.15) is 33.1 Å². The maximum absolute atomic E-state index is 2.36. The van der Waals surface area contributed by atoms with Crippen molar-refractivity contribution in [3.63, 3.8) is 0 Å². The minimum atomic E-state index is 1.24. The third-order valence-electron chi connectivity index (χ3n) is 2.49. The van der Waals surface area contributed by atoms with Crippen LogP contribution >= 0.6 is 0 Å². The molecule has 0 unspecified atom stereocenters. The van der Waals surface area contributed by atoms with Crippen molar-refractivity contribution in [2.45, 2.75) is 33.1 Å². The van der Waals surface area contributed by atoms with Crippen LogP contribution in [0, 0.1) is 0 Å². The predicted molar refractivity (Wildman–Crippen MR) is 44.9 cm³/mol. The zero-order valence-corrected chi connectivity index (χ0v) is 7.28. The van der Waals surface area contributed by atoms with Crippen LogP contribution in [-0.2, 0) is 0 Å². The Hall–Kier alpha value is -0.460. The monoisotopic (exact) mass is 139 g/mol. The van der Waals surface area contributed by atoms with Crippen molar-refractivity contribution in [1.29, 1.82) is 0 Å². The van der Waals surface area contributed by atoms with Gasteiger partial charge < -0.3 is 4.90 Å². The topological polar surface area (TPSA) is 3.24 Å². The highest BCUT2D eigenvalue weighted by Crippen LogP contribution is 2.18. The second kappa shape index (κ2) is 3.09. The molecule has 1 heteroatoms. The fourth-order valence-electron chi connectivity index (χ4n) is 1.41. The SMILES string of the molecule is CC1=C(C)N(C)CCCC1. The average Bonchev–Trinajstić information content (AvgIpc) is 2.04. The van der Waals surface area contributed by atoms with Gasteiger partial charge in [-0.2, -0.15) is 0 Å². The van der Waals surface area contributed by atoms with Crippen LogP contribution in [0.3, 0.4) is 0 Å². The van der Waals surface area contributed by atoms with Gasteiger partial charge in [0, 0.05) is 19.3 Å². The maximum atomic E-state index is 2.36. The molecule has 0 aliphatic carbocycles. The van der Waals surface area contributed by atoms with Crippen LogP contribution in [-0.4, -0.2) is 18.5 Å². The summed E-state index contributed by atoms with van der Waals surface area (Å²) >= 11 is 0. The first-order valence-corrected chi connectivity index (χ1v) is 4.09. The summed E-state index contributed by atoms with van der Waals surface area (Å²) in [7, 11) is 2.18. The summed E-state index contributed by atoms with van der Waals surface area (Å²) in [5.41, 5.74) is 3.05. The van der Waals surface area contributed by atoms with Crippen LogP contribution in [0.2, 0.25) is 0 Å². The molecule has 0 saturated carbocycles. The molecule has 0 aromatic rings. The van der Waals surface area contributed by atoms with E-state index in [-0.39, 0.29) is 0 Å². The van der Waals surface area contributed by atoms with Crippen LogP contribution in [0.15, 0.2) is 11.3 Å². The van der Waals surface area contributed by atoms with Gasteiger partial charge in [-0.1, -0.05) is 5.57 Å². The highest BCUT2D eigenvalue weighted by Gasteiger charge is 2.06. The van der Waals surface area contributed by atoms with Crippen molar-refractivity contribution in [2.24, 2.45) is 0 Å². The summed E-state index contributed by atoms with van der Waals surface area (Å²) in [6.07, 6.45) is 4.02. The lowest BCUT2D eigenvalue weighted by molar-refractivity contribution is 0.415. The Bertz CT molecular complexity index is 147. The molecule has 0 saturated heterocycles. The van der Waals surface area contributed by atoms with Crippen molar-refractivity contribution in [2.75, 3.05) is 13.6 Å². The summed E-state index contributed by atoms with van der Waals surface area (Å²) in [6.45, 7) is 5.71. The molecular formula is C9H17N. The van der Waals surface area contributed by atoms with Crippen molar-refractivity contribution in [3.8, 4) is 0 Å². The average molecular weight is 139 g/mol. The molecule has 1 aliphatic rings. The van der Waals surface area contributed by atoms with Gasteiger partial charge in [0.1, 0.15) is 0 Å². The van der Waals surface area contributed by atoms with Crippen LogP contribution in [0.4, 0.5) is 0 Å². The minimum absolute atomic E-state index is 1.24. The third kappa shape index (κ3) is 1.53. The van der Waals surface area contributed by atoms with Gasteiger partial charge in [-0.25, -0.2) is 0 Å². The van der Waals surface area contributed by atoms with Crippen LogP contribution in [0.25, 0.3) is 0 Å². The van der Waals surface area contributed by atoms with E-state index >= 15 is 0 Å². The molecule has 1 nitrogen and oxygen atoms in total. The Morgan fingerprint density at radius 3 is 2.60 bits per heavy atom. The Morgan fingerprint density at radius 2 is 1.90 bits per heavy atom. The molecule has 1 heterocycles. The first-order chi connectivity index (χ1) is 4.72. The van der Waals surface area contributed by atoms with Crippen molar-refractivity contribution in [1.82, 2.24) is 4.90 Å². The van der Waals surface area contributed by atoms with E-state index in [0.717, 1.165) is 0 Å². The molecule has 0 aromatic carbocycles. The molecule has 0 fully saturated rings. The second-order valence-electron chi connectivity index (χ2n) is 3.24. The summed E-state index contributed by atoms with van der Waals surface area (Å²) in [6, 6.07) is 0. The number of hydrogen-bond donors (Lipinski definition) is 0.